The Bertz CT molecular complexity index is 526. The van der Waals surface area contributed by atoms with Gasteiger partial charge in [-0.3, -0.25) is 6.08 Å². The second-order valence-electron chi connectivity index (χ2n) is 5.30. The molecule has 1 N–H and O–H groups in total. The van der Waals surface area contributed by atoms with Crippen molar-refractivity contribution >= 4 is 5.97 Å². The molecule has 119 valence electrons. The standard InChI is InChI=1S/C10H15.C7H6O2.2CH3.Ti/c1-7-6-10(4,5)9(3)8(7)2;8-7(9)6-4-2-1-3-5-6;;;/h1-5H3;1-5H,(H,8,9);2*1H3;/q-1;;2*-1;+3. The molecule has 0 atom stereocenters. The summed E-state index contributed by atoms with van der Waals surface area (Å²) in [4.78, 5) is 10.2. The van der Waals surface area contributed by atoms with Crippen LogP contribution >= 0.6 is 0 Å². The molecule has 0 bridgehead atoms. The van der Waals surface area contributed by atoms with Gasteiger partial charge >= 0.3 is 27.7 Å². The van der Waals surface area contributed by atoms with Crippen molar-refractivity contribution in [1.29, 1.82) is 0 Å². The summed E-state index contributed by atoms with van der Waals surface area (Å²) in [6, 6.07) is 8.30. The van der Waals surface area contributed by atoms with Gasteiger partial charge in [0.15, 0.2) is 0 Å². The van der Waals surface area contributed by atoms with Crippen molar-refractivity contribution in [2.24, 2.45) is 5.41 Å². The van der Waals surface area contributed by atoms with Gasteiger partial charge in [0.05, 0.1) is 5.56 Å². The van der Waals surface area contributed by atoms with Crippen molar-refractivity contribution in [1.82, 2.24) is 0 Å². The summed E-state index contributed by atoms with van der Waals surface area (Å²) < 4.78 is 0. The molecule has 0 amide bonds. The molecule has 1 aromatic carbocycles. The minimum Gasteiger partial charge on any atom is -0.478 e. The number of allylic oxidation sites excluding steroid dienone is 4. The molecule has 0 aliphatic heterocycles. The average molecular weight is 335 g/mol. The SMILES string of the molecule is CC1=[C-]C(C)(C)C(C)=C1C.O=C(O)c1ccccc1.[CH3-].[CH3-].[Ti+3]. The largest absolute Gasteiger partial charge is 3.00 e. The van der Waals surface area contributed by atoms with Crippen molar-refractivity contribution in [2.45, 2.75) is 34.6 Å². The molecule has 1 aromatic rings. The van der Waals surface area contributed by atoms with Gasteiger partial charge in [-0.2, -0.15) is 11.1 Å². The van der Waals surface area contributed by atoms with Crippen LogP contribution in [0.4, 0.5) is 0 Å². The van der Waals surface area contributed by atoms with Gasteiger partial charge in [-0.1, -0.05) is 51.3 Å². The molecule has 1 aliphatic carbocycles. The van der Waals surface area contributed by atoms with Crippen LogP contribution in [0.3, 0.4) is 0 Å². The first-order chi connectivity index (χ1) is 8.75. The van der Waals surface area contributed by atoms with Crippen LogP contribution in [-0.4, -0.2) is 11.1 Å². The molecule has 0 unspecified atom stereocenters. The molecule has 2 nitrogen and oxygen atoms in total. The van der Waals surface area contributed by atoms with Crippen molar-refractivity contribution in [2.75, 3.05) is 0 Å². The number of hydrogen-bond acceptors (Lipinski definition) is 1. The molecule has 22 heavy (non-hydrogen) atoms. The fourth-order valence-corrected chi connectivity index (χ4v) is 1.99. The first-order valence-electron chi connectivity index (χ1n) is 6.34. The summed E-state index contributed by atoms with van der Waals surface area (Å²) in [6.07, 6.45) is 3.44. The Hall–Kier alpha value is -1.12. The van der Waals surface area contributed by atoms with Crippen molar-refractivity contribution < 1.29 is 31.6 Å². The number of carbonyl (C=O) groups is 1. The zero-order valence-corrected chi connectivity index (χ0v) is 16.3. The second-order valence-corrected chi connectivity index (χ2v) is 5.30. The number of carboxylic acids is 1. The van der Waals surface area contributed by atoms with Gasteiger partial charge in [0.2, 0.25) is 0 Å². The minimum atomic E-state index is -0.879. The Morgan fingerprint density at radius 1 is 1.05 bits per heavy atom. The third kappa shape index (κ3) is 6.76. The summed E-state index contributed by atoms with van der Waals surface area (Å²) in [5.41, 5.74) is 4.73. The molecule has 0 heterocycles. The van der Waals surface area contributed by atoms with E-state index in [2.05, 4.69) is 40.7 Å². The number of carboxylic acid groups (broad SMARTS) is 1. The van der Waals surface area contributed by atoms with Crippen LogP contribution in [0.15, 0.2) is 47.1 Å². The van der Waals surface area contributed by atoms with Gasteiger partial charge in [0, 0.05) is 0 Å². The zero-order valence-electron chi connectivity index (χ0n) is 14.7. The Kier molecular flexibility index (Phi) is 12.4. The number of benzene rings is 1. The van der Waals surface area contributed by atoms with Gasteiger partial charge in [-0.05, 0) is 12.1 Å². The maximum absolute atomic E-state index is 10.2. The van der Waals surface area contributed by atoms with Gasteiger partial charge in [0.25, 0.3) is 0 Å². The second kappa shape index (κ2) is 10.6. The van der Waals surface area contributed by atoms with Crippen LogP contribution in [0.2, 0.25) is 0 Å². The van der Waals surface area contributed by atoms with E-state index in [0.717, 1.165) is 0 Å². The molecule has 3 heteroatoms. The summed E-state index contributed by atoms with van der Waals surface area (Å²) in [5, 5.41) is 8.38. The average Bonchev–Trinajstić information content (AvgIpc) is 2.54. The first kappa shape index (κ1) is 25.8. The quantitative estimate of drug-likeness (QED) is 0.551. The minimum absolute atomic E-state index is 0. The maximum Gasteiger partial charge on any atom is 3.00 e. The van der Waals surface area contributed by atoms with Crippen molar-refractivity contribution in [3.05, 3.63) is 73.5 Å². The van der Waals surface area contributed by atoms with Crippen LogP contribution in [0.1, 0.15) is 45.0 Å². The smallest absolute Gasteiger partial charge is 0.478 e. The van der Waals surface area contributed by atoms with E-state index >= 15 is 0 Å². The molecule has 0 aromatic heterocycles. The van der Waals surface area contributed by atoms with E-state index in [9.17, 15) is 4.79 Å². The topological polar surface area (TPSA) is 37.3 Å². The van der Waals surface area contributed by atoms with Crippen LogP contribution < -0.4 is 0 Å². The van der Waals surface area contributed by atoms with Gasteiger partial charge < -0.3 is 20.0 Å². The number of rotatable bonds is 1. The number of aromatic carboxylic acids is 1. The molecule has 2 rings (SSSR count). The van der Waals surface area contributed by atoms with E-state index in [-0.39, 0.29) is 42.0 Å². The van der Waals surface area contributed by atoms with E-state index in [4.69, 9.17) is 5.11 Å². The van der Waals surface area contributed by atoms with Gasteiger partial charge in [0.1, 0.15) is 0 Å². The van der Waals surface area contributed by atoms with E-state index in [0.29, 0.717) is 5.56 Å². The van der Waals surface area contributed by atoms with Crippen LogP contribution in [-0.2, 0) is 21.7 Å². The van der Waals surface area contributed by atoms with Gasteiger partial charge in [-0.25, -0.2) is 10.4 Å². The Balaban J connectivity index is -0.000000290. The Morgan fingerprint density at radius 3 is 1.68 bits per heavy atom. The van der Waals surface area contributed by atoms with E-state index in [1.165, 1.54) is 16.7 Å². The molecule has 1 radical (unpaired) electrons. The predicted octanol–water partition coefficient (Wildman–Crippen LogP) is 5.39. The summed E-state index contributed by atoms with van der Waals surface area (Å²) >= 11 is 0. The van der Waals surface area contributed by atoms with E-state index in [1.54, 1.807) is 30.3 Å². The molecule has 0 spiro atoms. The normalized spacial score (nSPS) is 14.3. The summed E-state index contributed by atoms with van der Waals surface area (Å²) in [5.74, 6) is -0.879. The van der Waals surface area contributed by atoms with Crippen molar-refractivity contribution in [3.8, 4) is 0 Å². The van der Waals surface area contributed by atoms with E-state index in [1.807, 2.05) is 0 Å². The fourth-order valence-electron chi connectivity index (χ4n) is 1.99. The van der Waals surface area contributed by atoms with Crippen LogP contribution in [0.25, 0.3) is 0 Å². The molecule has 0 saturated carbocycles. The summed E-state index contributed by atoms with van der Waals surface area (Å²) in [7, 11) is 0. The summed E-state index contributed by atoms with van der Waals surface area (Å²) in [6.45, 7) is 10.9. The molecule has 0 fully saturated rings. The third-order valence-corrected chi connectivity index (χ3v) is 3.58. The van der Waals surface area contributed by atoms with Crippen LogP contribution in [0, 0.1) is 26.3 Å². The Labute approximate surface area is 151 Å². The number of hydrogen-bond donors (Lipinski definition) is 1. The maximum atomic E-state index is 10.2. The molecule has 0 saturated heterocycles. The zero-order chi connectivity index (χ0) is 14.6. The predicted molar refractivity (Wildman–Crippen MR) is 90.8 cm³/mol. The molecule has 1 aliphatic rings. The Morgan fingerprint density at radius 2 is 1.50 bits per heavy atom. The van der Waals surface area contributed by atoms with E-state index < -0.39 is 5.97 Å². The van der Waals surface area contributed by atoms with Crippen LogP contribution in [0.5, 0.6) is 0 Å². The first-order valence-corrected chi connectivity index (χ1v) is 6.34. The van der Waals surface area contributed by atoms with Gasteiger partial charge in [-0.15, -0.1) is 6.92 Å². The molecular formula is C19H27O2Ti. The molecular weight excluding hydrogens is 308 g/mol. The monoisotopic (exact) mass is 335 g/mol. The third-order valence-electron chi connectivity index (χ3n) is 3.58. The fraction of sp³-hybridized carbons (Fsp3) is 0.316. The van der Waals surface area contributed by atoms with Crippen molar-refractivity contribution in [3.63, 3.8) is 0 Å².